The summed E-state index contributed by atoms with van der Waals surface area (Å²) in [6.45, 7) is 1.45. The molecule has 0 saturated heterocycles. The van der Waals surface area contributed by atoms with Crippen LogP contribution in [0.15, 0.2) is 59.1 Å². The number of halogens is 1. The molecule has 2 aromatic carbocycles. The van der Waals surface area contributed by atoms with Crippen molar-refractivity contribution < 1.29 is 34.2 Å². The van der Waals surface area contributed by atoms with Gasteiger partial charge in [0, 0.05) is 34.5 Å². The zero-order valence-electron chi connectivity index (χ0n) is 18.1. The highest BCUT2D eigenvalue weighted by atomic mass is 79.9. The first-order chi connectivity index (χ1) is 15.7. The zero-order valence-corrected chi connectivity index (χ0v) is 19.7. The monoisotopic (exact) mass is 520 g/mol. The number of Topliss-reactive ketones (excluding diaryl/α,β-unsaturated/α-hetero) is 1. The molecule has 10 heteroatoms. The number of ketones is 1. The van der Waals surface area contributed by atoms with Gasteiger partial charge >= 0.3 is 6.09 Å². The number of hydrogen-bond donors (Lipinski definition) is 4. The molecule has 0 heterocycles. The lowest BCUT2D eigenvalue weighted by Crippen LogP contribution is -2.28. The average Bonchev–Trinajstić information content (AvgIpc) is 2.79. The van der Waals surface area contributed by atoms with Gasteiger partial charge in [-0.25, -0.2) is 10.3 Å². The van der Waals surface area contributed by atoms with Gasteiger partial charge < -0.3 is 14.6 Å². The van der Waals surface area contributed by atoms with Crippen LogP contribution in [0.3, 0.4) is 0 Å². The van der Waals surface area contributed by atoms with Gasteiger partial charge in [-0.05, 0) is 62.2 Å². The van der Waals surface area contributed by atoms with Crippen molar-refractivity contribution in [2.24, 2.45) is 0 Å². The lowest BCUT2D eigenvalue weighted by atomic mass is 9.99. The van der Waals surface area contributed by atoms with Crippen molar-refractivity contribution in [1.82, 2.24) is 5.48 Å². The van der Waals surface area contributed by atoms with Crippen LogP contribution in [0, 0.1) is 0 Å². The minimum Gasteiger partial charge on any atom is -0.508 e. The van der Waals surface area contributed by atoms with E-state index in [4.69, 9.17) is 14.7 Å². The van der Waals surface area contributed by atoms with Gasteiger partial charge in [0.05, 0.1) is 6.10 Å². The van der Waals surface area contributed by atoms with Crippen molar-refractivity contribution in [3.05, 3.63) is 70.2 Å². The number of ether oxygens (including phenoxy) is 2. The highest BCUT2D eigenvalue weighted by molar-refractivity contribution is 9.10. The van der Waals surface area contributed by atoms with Crippen LogP contribution in [-0.2, 0) is 14.3 Å². The molecule has 0 aliphatic rings. The number of allylic oxidation sites excluding steroid dienone is 1. The van der Waals surface area contributed by atoms with Crippen molar-refractivity contribution in [1.29, 1.82) is 0 Å². The van der Waals surface area contributed by atoms with Crippen LogP contribution in [0.5, 0.6) is 5.75 Å². The summed E-state index contributed by atoms with van der Waals surface area (Å²) in [5.41, 5.74) is 2.76. The first-order valence-electron chi connectivity index (χ1n) is 9.95. The molecule has 0 unspecified atom stereocenters. The highest BCUT2D eigenvalue weighted by Gasteiger charge is 2.29. The maximum Gasteiger partial charge on any atom is 0.412 e. The Balaban J connectivity index is 2.21. The van der Waals surface area contributed by atoms with Gasteiger partial charge in [0.25, 0.3) is 5.91 Å². The fourth-order valence-electron chi connectivity index (χ4n) is 3.02. The van der Waals surface area contributed by atoms with E-state index in [2.05, 4.69) is 21.2 Å². The minimum atomic E-state index is -0.982. The van der Waals surface area contributed by atoms with Gasteiger partial charge in [-0.1, -0.05) is 22.0 Å². The lowest BCUT2D eigenvalue weighted by molar-refractivity contribution is -0.124. The minimum absolute atomic E-state index is 0.0842. The van der Waals surface area contributed by atoms with Crippen molar-refractivity contribution in [2.45, 2.75) is 32.0 Å². The van der Waals surface area contributed by atoms with Crippen LogP contribution < -0.4 is 10.8 Å². The topological polar surface area (TPSA) is 134 Å². The predicted octanol–water partition coefficient (Wildman–Crippen LogP) is 4.50. The Bertz CT molecular complexity index is 1010. The number of carbonyl (C=O) groups is 3. The second kappa shape index (κ2) is 12.7. The number of methoxy groups -OCH3 is 1. The Morgan fingerprint density at radius 3 is 2.45 bits per heavy atom. The molecular weight excluding hydrogens is 496 g/mol. The number of amides is 2. The molecule has 2 amide bonds. The summed E-state index contributed by atoms with van der Waals surface area (Å²) in [5, 5.41) is 21.5. The van der Waals surface area contributed by atoms with Gasteiger partial charge in [0.1, 0.15) is 5.75 Å². The van der Waals surface area contributed by atoms with Crippen LogP contribution in [0.1, 0.15) is 41.8 Å². The number of aromatic hydroxyl groups is 1. The number of rotatable bonds is 10. The third kappa shape index (κ3) is 8.01. The van der Waals surface area contributed by atoms with Gasteiger partial charge in [-0.2, -0.15) is 0 Å². The average molecular weight is 521 g/mol. The predicted molar refractivity (Wildman–Crippen MR) is 124 cm³/mol. The van der Waals surface area contributed by atoms with Gasteiger partial charge in [0.2, 0.25) is 0 Å². The van der Waals surface area contributed by atoms with Crippen LogP contribution >= 0.6 is 15.9 Å². The van der Waals surface area contributed by atoms with E-state index in [9.17, 15) is 19.5 Å². The quantitative estimate of drug-likeness (QED) is 0.157. The van der Waals surface area contributed by atoms with E-state index in [-0.39, 0.29) is 11.5 Å². The molecule has 0 spiro atoms. The molecule has 0 aliphatic carbocycles. The van der Waals surface area contributed by atoms with E-state index in [1.165, 1.54) is 31.7 Å². The molecule has 0 aromatic heterocycles. The molecule has 0 bridgehead atoms. The largest absolute Gasteiger partial charge is 0.508 e. The fourth-order valence-corrected chi connectivity index (χ4v) is 3.40. The van der Waals surface area contributed by atoms with E-state index in [0.717, 1.165) is 6.08 Å². The number of phenolic OH excluding ortho intramolecular Hbond substituents is 1. The van der Waals surface area contributed by atoms with Crippen LogP contribution in [-0.4, -0.2) is 41.3 Å². The SMILES string of the molecule is CO[C@H](CC/C=C/C(=O)NO)[C@H](OC(=O)Nc1ccc(C(C)=O)cc1)c1cc(Br)ccc1O. The Hall–Kier alpha value is -3.21. The van der Waals surface area contributed by atoms with E-state index in [1.54, 1.807) is 36.4 Å². The summed E-state index contributed by atoms with van der Waals surface area (Å²) in [7, 11) is 1.44. The lowest BCUT2D eigenvalue weighted by Gasteiger charge is -2.27. The normalized spacial score (nSPS) is 12.7. The number of anilines is 1. The standard InChI is InChI=1S/C23H25BrN2O7/c1-14(27)15-7-10-17(11-8-15)25-23(30)33-22(18-13-16(24)9-12-19(18)28)20(32-2)5-3-4-6-21(29)26-31/h4,6-13,20,22,28,31H,3,5H2,1-2H3,(H,25,30)(H,26,29)/b6-4+/t20-,22-/m1/s1. The van der Waals surface area contributed by atoms with Crippen LogP contribution in [0.4, 0.5) is 10.5 Å². The van der Waals surface area contributed by atoms with Gasteiger partial charge in [-0.3, -0.25) is 20.1 Å². The van der Waals surface area contributed by atoms with Crippen molar-refractivity contribution in [3.8, 4) is 5.75 Å². The third-order valence-corrected chi connectivity index (χ3v) is 5.20. The van der Waals surface area contributed by atoms with Gasteiger partial charge in [0.15, 0.2) is 11.9 Å². The first kappa shape index (κ1) is 26.0. The summed E-state index contributed by atoms with van der Waals surface area (Å²) < 4.78 is 11.8. The Kier molecular flexibility index (Phi) is 10.0. The van der Waals surface area contributed by atoms with E-state index < -0.39 is 24.2 Å². The Labute approximate surface area is 199 Å². The Morgan fingerprint density at radius 1 is 1.15 bits per heavy atom. The van der Waals surface area contributed by atoms with E-state index >= 15 is 0 Å². The second-order valence-electron chi connectivity index (χ2n) is 7.02. The number of hydrogen-bond acceptors (Lipinski definition) is 7. The fraction of sp³-hybridized carbons (Fsp3) is 0.261. The number of phenols is 1. The summed E-state index contributed by atoms with van der Waals surface area (Å²) in [5.74, 6) is -0.849. The number of carbonyl (C=O) groups excluding carboxylic acids is 3. The zero-order chi connectivity index (χ0) is 24.4. The maximum atomic E-state index is 12.6. The third-order valence-electron chi connectivity index (χ3n) is 4.71. The molecule has 0 radical (unpaired) electrons. The second-order valence-corrected chi connectivity index (χ2v) is 7.93. The summed E-state index contributed by atoms with van der Waals surface area (Å²) in [4.78, 5) is 35.2. The molecule has 4 N–H and O–H groups in total. The molecule has 176 valence electrons. The molecule has 0 fully saturated rings. The van der Waals surface area contributed by atoms with Crippen molar-refractivity contribution in [2.75, 3.05) is 12.4 Å². The van der Waals surface area contributed by atoms with Crippen LogP contribution in [0.25, 0.3) is 0 Å². The summed E-state index contributed by atoms with van der Waals surface area (Å²) in [6, 6.07) is 11.1. The molecular formula is C23H25BrN2O7. The first-order valence-corrected chi connectivity index (χ1v) is 10.7. The van der Waals surface area contributed by atoms with Gasteiger partial charge in [-0.15, -0.1) is 0 Å². The molecule has 0 saturated carbocycles. The van der Waals surface area contributed by atoms with Crippen molar-refractivity contribution >= 4 is 39.4 Å². The summed E-state index contributed by atoms with van der Waals surface area (Å²) >= 11 is 3.35. The molecule has 9 nitrogen and oxygen atoms in total. The number of hydroxylamine groups is 1. The van der Waals surface area contributed by atoms with Crippen LogP contribution in [0.2, 0.25) is 0 Å². The molecule has 2 aromatic rings. The number of nitrogens with one attached hydrogen (secondary N) is 2. The summed E-state index contributed by atoms with van der Waals surface area (Å²) in [6.07, 6.45) is 0.967. The molecule has 33 heavy (non-hydrogen) atoms. The molecule has 2 rings (SSSR count). The Morgan fingerprint density at radius 2 is 1.85 bits per heavy atom. The molecule has 2 atom stereocenters. The smallest absolute Gasteiger partial charge is 0.412 e. The highest BCUT2D eigenvalue weighted by Crippen LogP contribution is 2.35. The maximum absolute atomic E-state index is 12.6. The van der Waals surface area contributed by atoms with E-state index in [0.29, 0.717) is 34.1 Å². The van der Waals surface area contributed by atoms with E-state index in [1.807, 2.05) is 0 Å². The molecule has 0 aliphatic heterocycles. The van der Waals surface area contributed by atoms with Crippen molar-refractivity contribution in [3.63, 3.8) is 0 Å². The number of benzene rings is 2.